The van der Waals surface area contributed by atoms with Crippen LogP contribution in [-0.2, 0) is 21.2 Å². The molecule has 1 unspecified atom stereocenters. The minimum atomic E-state index is -3.23. The van der Waals surface area contributed by atoms with Crippen LogP contribution < -0.4 is 4.72 Å². The maximum atomic E-state index is 12.3. The van der Waals surface area contributed by atoms with E-state index in [-0.39, 0.29) is 24.9 Å². The molecule has 2 heterocycles. The second-order valence-electron chi connectivity index (χ2n) is 4.98. The van der Waals surface area contributed by atoms with Crippen LogP contribution in [-0.4, -0.2) is 38.6 Å². The summed E-state index contributed by atoms with van der Waals surface area (Å²) in [5.74, 6) is 0.0184. The van der Waals surface area contributed by atoms with Crippen molar-refractivity contribution in [2.45, 2.75) is 32.2 Å². The molecule has 0 bridgehead atoms. The van der Waals surface area contributed by atoms with Gasteiger partial charge in [-0.25, -0.2) is 13.1 Å². The first-order chi connectivity index (χ1) is 9.42. The molecule has 1 aromatic heterocycles. The number of amides is 1. The van der Waals surface area contributed by atoms with Crippen molar-refractivity contribution < 1.29 is 13.2 Å². The molecule has 1 aromatic rings. The Kier molecular flexibility index (Phi) is 4.82. The zero-order valence-electron chi connectivity index (χ0n) is 11.8. The van der Waals surface area contributed by atoms with Gasteiger partial charge in [0.15, 0.2) is 0 Å². The highest BCUT2D eigenvalue weighted by Gasteiger charge is 2.29. The van der Waals surface area contributed by atoms with E-state index in [1.54, 1.807) is 11.3 Å². The van der Waals surface area contributed by atoms with Crippen LogP contribution in [0.4, 0.5) is 0 Å². The van der Waals surface area contributed by atoms with Crippen LogP contribution in [0.2, 0.25) is 0 Å². The van der Waals surface area contributed by atoms with Gasteiger partial charge < -0.3 is 4.90 Å². The molecule has 0 saturated heterocycles. The molecule has 1 atom stereocenters. The monoisotopic (exact) mass is 316 g/mol. The van der Waals surface area contributed by atoms with Crippen molar-refractivity contribution in [3.05, 3.63) is 21.9 Å². The molecule has 7 heteroatoms. The molecule has 0 radical (unpaired) electrons. The highest BCUT2D eigenvalue weighted by molar-refractivity contribution is 7.88. The van der Waals surface area contributed by atoms with Gasteiger partial charge in [-0.1, -0.05) is 6.92 Å². The summed E-state index contributed by atoms with van der Waals surface area (Å²) in [7, 11) is -3.23. The summed E-state index contributed by atoms with van der Waals surface area (Å²) in [6.07, 6.45) is 3.09. The maximum Gasteiger partial charge on any atom is 0.224 e. The molecule has 0 fully saturated rings. The number of thiophene rings is 1. The lowest BCUT2D eigenvalue weighted by Gasteiger charge is -2.35. The third kappa shape index (κ3) is 3.59. The van der Waals surface area contributed by atoms with Gasteiger partial charge in [0, 0.05) is 24.4 Å². The van der Waals surface area contributed by atoms with Gasteiger partial charge in [-0.2, -0.15) is 0 Å². The van der Waals surface area contributed by atoms with E-state index in [0.717, 1.165) is 25.6 Å². The number of rotatable bonds is 5. The average molecular weight is 316 g/mol. The zero-order valence-corrected chi connectivity index (χ0v) is 13.4. The molecule has 112 valence electrons. The van der Waals surface area contributed by atoms with Crippen molar-refractivity contribution in [2.75, 3.05) is 19.3 Å². The van der Waals surface area contributed by atoms with Gasteiger partial charge in [0.1, 0.15) is 0 Å². The fourth-order valence-corrected chi connectivity index (χ4v) is 4.02. The van der Waals surface area contributed by atoms with Crippen LogP contribution in [0.5, 0.6) is 0 Å². The average Bonchev–Trinajstić information content (AvgIpc) is 2.83. The number of nitrogens with one attached hydrogen (secondary N) is 1. The number of carbonyl (C=O) groups excluding carboxylic acids is 1. The Morgan fingerprint density at radius 3 is 2.95 bits per heavy atom. The third-order valence-corrected chi connectivity index (χ3v) is 5.23. The lowest BCUT2D eigenvalue weighted by atomic mass is 9.97. The Labute approximate surface area is 124 Å². The quantitative estimate of drug-likeness (QED) is 0.896. The fraction of sp³-hybridized carbons (Fsp3) is 0.615. The second-order valence-corrected chi connectivity index (χ2v) is 7.81. The van der Waals surface area contributed by atoms with E-state index in [2.05, 4.69) is 23.1 Å². The third-order valence-electron chi connectivity index (χ3n) is 3.51. The maximum absolute atomic E-state index is 12.3. The fourth-order valence-electron chi connectivity index (χ4n) is 2.62. The number of hydrogen-bond donors (Lipinski definition) is 1. The summed E-state index contributed by atoms with van der Waals surface area (Å²) < 4.78 is 24.4. The molecule has 1 aliphatic heterocycles. The molecule has 2 rings (SSSR count). The largest absolute Gasteiger partial charge is 0.335 e. The SMILES string of the molecule is CCC1c2ccsc2CCN1C(=O)CCNS(C)(=O)=O. The Hall–Kier alpha value is -0.920. The molecule has 0 aromatic carbocycles. The van der Waals surface area contributed by atoms with E-state index in [9.17, 15) is 13.2 Å². The lowest BCUT2D eigenvalue weighted by Crippen LogP contribution is -2.40. The predicted molar refractivity (Wildman–Crippen MR) is 80.2 cm³/mol. The van der Waals surface area contributed by atoms with E-state index in [4.69, 9.17) is 0 Å². The second kappa shape index (κ2) is 6.24. The van der Waals surface area contributed by atoms with E-state index >= 15 is 0 Å². The van der Waals surface area contributed by atoms with E-state index in [1.165, 1.54) is 10.4 Å². The predicted octanol–water partition coefficient (Wildman–Crippen LogP) is 1.52. The summed E-state index contributed by atoms with van der Waals surface area (Å²) in [5, 5.41) is 2.08. The minimum absolute atomic E-state index is 0.0184. The van der Waals surface area contributed by atoms with Crippen LogP contribution in [0.15, 0.2) is 11.4 Å². The summed E-state index contributed by atoms with van der Waals surface area (Å²) in [6, 6.07) is 2.23. The first kappa shape index (κ1) is 15.5. The molecule has 0 aliphatic carbocycles. The Morgan fingerprint density at radius 2 is 2.30 bits per heavy atom. The molecule has 20 heavy (non-hydrogen) atoms. The van der Waals surface area contributed by atoms with Gasteiger partial charge in [0.05, 0.1) is 12.3 Å². The summed E-state index contributed by atoms with van der Waals surface area (Å²) in [6.45, 7) is 2.97. The van der Waals surface area contributed by atoms with Gasteiger partial charge >= 0.3 is 0 Å². The van der Waals surface area contributed by atoms with E-state index < -0.39 is 10.0 Å². The van der Waals surface area contributed by atoms with Crippen LogP contribution in [0.1, 0.15) is 36.2 Å². The summed E-state index contributed by atoms with van der Waals surface area (Å²) >= 11 is 1.75. The van der Waals surface area contributed by atoms with Crippen molar-refractivity contribution in [3.8, 4) is 0 Å². The molecule has 5 nitrogen and oxygen atoms in total. The molecular formula is C13H20N2O3S2. The minimum Gasteiger partial charge on any atom is -0.335 e. The number of sulfonamides is 1. The van der Waals surface area contributed by atoms with Crippen LogP contribution in [0.3, 0.4) is 0 Å². The molecule has 1 amide bonds. The summed E-state index contributed by atoms with van der Waals surface area (Å²) in [4.78, 5) is 15.5. The van der Waals surface area contributed by atoms with E-state index in [1.807, 2.05) is 4.90 Å². The molecule has 1 aliphatic rings. The smallest absolute Gasteiger partial charge is 0.224 e. The van der Waals surface area contributed by atoms with Crippen molar-refractivity contribution >= 4 is 27.3 Å². The van der Waals surface area contributed by atoms with Crippen LogP contribution >= 0.6 is 11.3 Å². The molecular weight excluding hydrogens is 296 g/mol. The van der Waals surface area contributed by atoms with Gasteiger partial charge in [-0.3, -0.25) is 4.79 Å². The lowest BCUT2D eigenvalue weighted by molar-refractivity contribution is -0.134. The highest BCUT2D eigenvalue weighted by Crippen LogP contribution is 2.35. The first-order valence-corrected chi connectivity index (χ1v) is 9.50. The number of carbonyl (C=O) groups is 1. The molecule has 1 N–H and O–H groups in total. The standard InChI is InChI=1S/C13H20N2O3S2/c1-3-11-10-6-9-19-12(10)5-8-15(11)13(16)4-7-14-20(2,17)18/h6,9,11,14H,3-5,7-8H2,1-2H3. The van der Waals surface area contributed by atoms with Crippen molar-refractivity contribution in [2.24, 2.45) is 0 Å². The van der Waals surface area contributed by atoms with Gasteiger partial charge in [0.25, 0.3) is 0 Å². The number of nitrogens with zero attached hydrogens (tertiary/aromatic N) is 1. The van der Waals surface area contributed by atoms with Crippen LogP contribution in [0, 0.1) is 0 Å². The molecule has 0 saturated carbocycles. The number of hydrogen-bond acceptors (Lipinski definition) is 4. The van der Waals surface area contributed by atoms with Crippen molar-refractivity contribution in [1.82, 2.24) is 9.62 Å². The highest BCUT2D eigenvalue weighted by atomic mass is 32.2. The molecule has 0 spiro atoms. The zero-order chi connectivity index (χ0) is 14.8. The van der Waals surface area contributed by atoms with Crippen molar-refractivity contribution in [3.63, 3.8) is 0 Å². The first-order valence-electron chi connectivity index (χ1n) is 6.72. The Morgan fingerprint density at radius 1 is 1.55 bits per heavy atom. The van der Waals surface area contributed by atoms with Gasteiger partial charge in [0.2, 0.25) is 15.9 Å². The number of fused-ring (bicyclic) bond motifs is 1. The van der Waals surface area contributed by atoms with Gasteiger partial charge in [-0.05, 0) is 29.9 Å². The van der Waals surface area contributed by atoms with Crippen molar-refractivity contribution in [1.29, 1.82) is 0 Å². The Balaban J connectivity index is 2.00. The van der Waals surface area contributed by atoms with Gasteiger partial charge in [-0.15, -0.1) is 11.3 Å². The topological polar surface area (TPSA) is 66.5 Å². The van der Waals surface area contributed by atoms with E-state index in [0.29, 0.717) is 0 Å². The normalized spacial score (nSPS) is 18.9. The Bertz CT molecular complexity index is 580. The van der Waals surface area contributed by atoms with Crippen LogP contribution in [0.25, 0.3) is 0 Å². The summed E-state index contributed by atoms with van der Waals surface area (Å²) in [5.41, 5.74) is 1.26.